The minimum absolute atomic E-state index is 0.159. The van der Waals surface area contributed by atoms with E-state index in [-0.39, 0.29) is 6.01 Å². The summed E-state index contributed by atoms with van der Waals surface area (Å²) in [6.07, 6.45) is 7.45. The third kappa shape index (κ3) is 3.13. The minimum Gasteiger partial charge on any atom is -0.432 e. The number of fused-ring (bicyclic) bond motifs is 1. The summed E-state index contributed by atoms with van der Waals surface area (Å²) in [5.74, 6) is 0. The Bertz CT molecular complexity index is 922. The number of rotatable bonds is 3. The van der Waals surface area contributed by atoms with Gasteiger partial charge in [-0.15, -0.1) is 0 Å². The van der Waals surface area contributed by atoms with E-state index in [1.165, 1.54) is 6.26 Å². The van der Waals surface area contributed by atoms with Crippen molar-refractivity contribution in [1.29, 1.82) is 0 Å². The van der Waals surface area contributed by atoms with E-state index < -0.39 is 0 Å². The lowest BCUT2D eigenvalue weighted by atomic mass is 10.0. The number of anilines is 1. The largest absolute Gasteiger partial charge is 0.432 e. The summed E-state index contributed by atoms with van der Waals surface area (Å²) in [6, 6.07) is 6.20. The van der Waals surface area contributed by atoms with Gasteiger partial charge in [-0.1, -0.05) is 18.2 Å². The van der Waals surface area contributed by atoms with E-state index in [9.17, 15) is 0 Å². The van der Waals surface area contributed by atoms with Crippen molar-refractivity contribution in [3.8, 4) is 0 Å². The fraction of sp³-hybridized carbons (Fsp3) is 0.167. The molecule has 0 aliphatic carbocycles. The van der Waals surface area contributed by atoms with E-state index in [1.807, 2.05) is 57.2 Å². The van der Waals surface area contributed by atoms with Gasteiger partial charge < -0.3 is 10.2 Å². The molecule has 0 aliphatic rings. The summed E-state index contributed by atoms with van der Waals surface area (Å²) >= 11 is 0. The predicted octanol–water partition coefficient (Wildman–Crippen LogP) is 3.93. The topological polar surface area (TPSA) is 77.8 Å². The van der Waals surface area contributed by atoms with Gasteiger partial charge >= 0.3 is 0 Å². The molecule has 0 spiro atoms. The number of oxazole rings is 1. The Balaban J connectivity index is 2.11. The van der Waals surface area contributed by atoms with Crippen molar-refractivity contribution < 1.29 is 4.42 Å². The lowest BCUT2D eigenvalue weighted by Gasteiger charge is -2.06. The van der Waals surface area contributed by atoms with E-state index in [0.29, 0.717) is 5.69 Å². The molecule has 0 atom stereocenters. The number of nitrogen functional groups attached to an aromatic ring is 1. The number of aromatic nitrogens is 3. The molecule has 1 aromatic carbocycles. The van der Waals surface area contributed by atoms with Crippen LogP contribution in [0, 0.1) is 13.8 Å². The van der Waals surface area contributed by atoms with Crippen LogP contribution >= 0.6 is 0 Å². The molecule has 0 aliphatic heterocycles. The lowest BCUT2D eigenvalue weighted by Crippen LogP contribution is -1.94. The highest BCUT2D eigenvalue weighted by atomic mass is 16.4. The molecule has 0 fully saturated rings. The van der Waals surface area contributed by atoms with Gasteiger partial charge in [-0.05, 0) is 50.1 Å². The first-order valence-electron chi connectivity index (χ1n) is 7.37. The smallest absolute Gasteiger partial charge is 0.292 e. The fourth-order valence-electron chi connectivity index (χ4n) is 2.34. The maximum atomic E-state index is 5.53. The molecule has 2 aromatic heterocycles. The maximum absolute atomic E-state index is 5.53. The van der Waals surface area contributed by atoms with Gasteiger partial charge in [0.15, 0.2) is 0 Å². The Morgan fingerprint density at radius 3 is 2.48 bits per heavy atom. The first kappa shape index (κ1) is 15.0. The Morgan fingerprint density at radius 1 is 1.09 bits per heavy atom. The Kier molecular flexibility index (Phi) is 3.93. The second kappa shape index (κ2) is 6.04. The Hall–Kier alpha value is -2.95. The number of nitrogens with zero attached hydrogens (tertiary/aromatic N) is 3. The Labute approximate surface area is 134 Å². The van der Waals surface area contributed by atoms with Crippen LogP contribution in [0.4, 0.5) is 6.01 Å². The third-order valence-corrected chi connectivity index (χ3v) is 3.60. The quantitative estimate of drug-likeness (QED) is 0.742. The van der Waals surface area contributed by atoms with E-state index >= 15 is 0 Å². The number of nitrogens with two attached hydrogens (primary N) is 1. The van der Waals surface area contributed by atoms with Gasteiger partial charge in [0.25, 0.3) is 6.01 Å². The van der Waals surface area contributed by atoms with Crippen LogP contribution in [0.15, 0.2) is 41.0 Å². The van der Waals surface area contributed by atoms with Gasteiger partial charge in [0, 0.05) is 0 Å². The number of hydrogen-bond donors (Lipinski definition) is 1. The molecule has 0 saturated heterocycles. The summed E-state index contributed by atoms with van der Waals surface area (Å²) in [5.41, 5.74) is 11.9. The fourth-order valence-corrected chi connectivity index (χ4v) is 2.34. The Morgan fingerprint density at radius 2 is 1.83 bits per heavy atom. The van der Waals surface area contributed by atoms with Crippen LogP contribution in [0.2, 0.25) is 0 Å². The summed E-state index contributed by atoms with van der Waals surface area (Å²) in [7, 11) is 0. The van der Waals surface area contributed by atoms with Crippen molar-refractivity contribution in [3.63, 3.8) is 0 Å². The molecule has 3 rings (SSSR count). The van der Waals surface area contributed by atoms with E-state index in [2.05, 4.69) is 15.0 Å². The molecule has 0 saturated carbocycles. The molecule has 0 amide bonds. The normalized spacial score (nSPS) is 12.4. The van der Waals surface area contributed by atoms with Crippen LogP contribution in [0.5, 0.6) is 0 Å². The van der Waals surface area contributed by atoms with Crippen molar-refractivity contribution in [2.24, 2.45) is 0 Å². The third-order valence-electron chi connectivity index (χ3n) is 3.60. The summed E-state index contributed by atoms with van der Waals surface area (Å²) in [5, 5.41) is 0. The van der Waals surface area contributed by atoms with Crippen LogP contribution in [0.1, 0.15) is 29.6 Å². The zero-order valence-electron chi connectivity index (χ0n) is 13.4. The van der Waals surface area contributed by atoms with Crippen LogP contribution in [-0.4, -0.2) is 15.0 Å². The van der Waals surface area contributed by atoms with Gasteiger partial charge in [-0.2, -0.15) is 4.98 Å². The van der Waals surface area contributed by atoms with Gasteiger partial charge in [-0.25, -0.2) is 9.97 Å². The zero-order chi connectivity index (χ0) is 16.4. The summed E-state index contributed by atoms with van der Waals surface area (Å²) < 4.78 is 5.05. The summed E-state index contributed by atoms with van der Waals surface area (Å²) in [4.78, 5) is 13.3. The molecule has 5 nitrogen and oxygen atoms in total. The zero-order valence-corrected chi connectivity index (χ0v) is 13.4. The highest BCUT2D eigenvalue weighted by molar-refractivity contribution is 5.90. The van der Waals surface area contributed by atoms with E-state index in [1.54, 1.807) is 0 Å². The molecule has 116 valence electrons. The molecule has 5 heteroatoms. The molecular formula is C18H18N4O. The second-order valence-electron chi connectivity index (χ2n) is 5.31. The molecule has 0 radical (unpaired) electrons. The highest BCUT2D eigenvalue weighted by Crippen LogP contribution is 2.23. The van der Waals surface area contributed by atoms with Crippen LogP contribution in [-0.2, 0) is 0 Å². The van der Waals surface area contributed by atoms with Crippen molar-refractivity contribution in [1.82, 2.24) is 15.0 Å². The van der Waals surface area contributed by atoms with Gasteiger partial charge in [-0.3, -0.25) is 0 Å². The van der Waals surface area contributed by atoms with E-state index in [4.69, 9.17) is 10.2 Å². The van der Waals surface area contributed by atoms with Gasteiger partial charge in [0.2, 0.25) is 0 Å². The van der Waals surface area contributed by atoms with Crippen molar-refractivity contribution in [3.05, 3.63) is 59.3 Å². The van der Waals surface area contributed by atoms with Gasteiger partial charge in [0.1, 0.15) is 12.0 Å². The number of aryl methyl sites for hydroxylation is 2. The molecule has 2 N–H and O–H groups in total. The predicted molar refractivity (Wildman–Crippen MR) is 92.6 cm³/mol. The minimum atomic E-state index is 0.159. The SMILES string of the molecule is C/C=C\C(=C/c1coc(N)n1)c1ccc2nc(C)c(C)nc2c1. The molecular weight excluding hydrogens is 288 g/mol. The first-order valence-corrected chi connectivity index (χ1v) is 7.37. The number of benzene rings is 1. The van der Waals surface area contributed by atoms with Crippen molar-refractivity contribution in [2.45, 2.75) is 20.8 Å². The van der Waals surface area contributed by atoms with E-state index in [0.717, 1.165) is 33.6 Å². The van der Waals surface area contributed by atoms with Crippen molar-refractivity contribution >= 4 is 28.7 Å². The van der Waals surface area contributed by atoms with Crippen LogP contribution < -0.4 is 5.73 Å². The number of hydrogen-bond acceptors (Lipinski definition) is 5. The molecule has 0 unspecified atom stereocenters. The van der Waals surface area contributed by atoms with Gasteiger partial charge in [0.05, 0.1) is 22.4 Å². The first-order chi connectivity index (χ1) is 11.1. The molecule has 3 aromatic rings. The van der Waals surface area contributed by atoms with Crippen LogP contribution in [0.25, 0.3) is 22.7 Å². The van der Waals surface area contributed by atoms with Crippen LogP contribution in [0.3, 0.4) is 0 Å². The van der Waals surface area contributed by atoms with Crippen molar-refractivity contribution in [2.75, 3.05) is 5.73 Å². The number of allylic oxidation sites excluding steroid dienone is 3. The summed E-state index contributed by atoms with van der Waals surface area (Å²) in [6.45, 7) is 5.91. The average molecular weight is 306 g/mol. The maximum Gasteiger partial charge on any atom is 0.292 e. The standard InChI is InChI=1S/C18H18N4O/c1-4-5-13(8-15-10-23-18(19)22-15)14-6-7-16-17(9-14)21-12(3)11(2)20-16/h4-10H,1-3H3,(H2,19,22)/b5-4-,13-8+. The highest BCUT2D eigenvalue weighted by Gasteiger charge is 2.06. The molecule has 2 heterocycles. The molecule has 0 bridgehead atoms. The lowest BCUT2D eigenvalue weighted by molar-refractivity contribution is 0.580. The average Bonchev–Trinajstić information content (AvgIpc) is 2.93. The monoisotopic (exact) mass is 306 g/mol. The second-order valence-corrected chi connectivity index (χ2v) is 5.31. The molecule has 23 heavy (non-hydrogen) atoms.